The predicted molar refractivity (Wildman–Crippen MR) is 77.4 cm³/mol. The van der Waals surface area contributed by atoms with E-state index in [4.69, 9.17) is 0 Å². The maximum absolute atomic E-state index is 9.51. The molecule has 2 atom stereocenters. The van der Waals surface area contributed by atoms with Crippen molar-refractivity contribution in [1.29, 1.82) is 0 Å². The van der Waals surface area contributed by atoms with Crippen LogP contribution >= 0.6 is 0 Å². The van der Waals surface area contributed by atoms with Gasteiger partial charge in [-0.25, -0.2) is 0 Å². The lowest BCUT2D eigenvalue weighted by Crippen LogP contribution is -2.40. The van der Waals surface area contributed by atoms with Crippen molar-refractivity contribution in [3.8, 4) is 5.75 Å². The highest BCUT2D eigenvalue weighted by Gasteiger charge is 2.30. The van der Waals surface area contributed by atoms with Gasteiger partial charge in [0, 0.05) is 24.7 Å². The van der Waals surface area contributed by atoms with E-state index in [-0.39, 0.29) is 0 Å². The Balaban J connectivity index is 1.57. The maximum Gasteiger partial charge on any atom is 0.115 e. The minimum atomic E-state index is 0.390. The van der Waals surface area contributed by atoms with Crippen molar-refractivity contribution in [2.75, 3.05) is 13.6 Å². The third kappa shape index (κ3) is 2.77. The molecule has 1 fully saturated rings. The number of hydrogen-bond acceptors (Lipinski definition) is 3. The standard InChI is InChI=1S/C16H24N2O/c1-11(18(2)13-4-5-13)10-17-16-8-3-12-9-14(19)6-7-15(12)16/h6-7,9,11,13,16-17,19H,3-5,8,10H2,1-2H3. The number of aryl methyl sites for hydroxylation is 1. The van der Waals surface area contributed by atoms with Crippen molar-refractivity contribution in [2.45, 2.75) is 50.7 Å². The first-order valence-electron chi connectivity index (χ1n) is 7.42. The van der Waals surface area contributed by atoms with E-state index < -0.39 is 0 Å². The molecule has 1 saturated carbocycles. The van der Waals surface area contributed by atoms with E-state index in [0.29, 0.717) is 17.8 Å². The second-order valence-electron chi connectivity index (χ2n) is 6.13. The van der Waals surface area contributed by atoms with Crippen LogP contribution < -0.4 is 5.32 Å². The summed E-state index contributed by atoms with van der Waals surface area (Å²) >= 11 is 0. The van der Waals surface area contributed by atoms with Crippen LogP contribution in [0.4, 0.5) is 0 Å². The van der Waals surface area contributed by atoms with Crippen molar-refractivity contribution in [3.63, 3.8) is 0 Å². The topological polar surface area (TPSA) is 35.5 Å². The second-order valence-corrected chi connectivity index (χ2v) is 6.13. The minimum Gasteiger partial charge on any atom is -0.508 e. The summed E-state index contributed by atoms with van der Waals surface area (Å²) in [6.07, 6.45) is 4.96. The van der Waals surface area contributed by atoms with Gasteiger partial charge >= 0.3 is 0 Å². The summed E-state index contributed by atoms with van der Waals surface area (Å²) in [7, 11) is 2.24. The molecule has 0 heterocycles. The fourth-order valence-corrected chi connectivity index (χ4v) is 3.11. The summed E-state index contributed by atoms with van der Waals surface area (Å²) in [5.41, 5.74) is 2.68. The van der Waals surface area contributed by atoms with E-state index in [2.05, 4.69) is 30.3 Å². The number of phenols is 1. The molecule has 0 aromatic heterocycles. The molecule has 0 spiro atoms. The number of nitrogens with one attached hydrogen (secondary N) is 1. The van der Waals surface area contributed by atoms with E-state index in [1.165, 1.54) is 24.0 Å². The van der Waals surface area contributed by atoms with Crippen LogP contribution in [-0.4, -0.2) is 35.7 Å². The van der Waals surface area contributed by atoms with Gasteiger partial charge < -0.3 is 10.4 Å². The normalized spacial score (nSPS) is 23.6. The number of benzene rings is 1. The highest BCUT2D eigenvalue weighted by Crippen LogP contribution is 2.33. The molecule has 1 aromatic carbocycles. The van der Waals surface area contributed by atoms with E-state index in [1.807, 2.05) is 6.07 Å². The molecule has 2 aliphatic carbocycles. The first-order valence-corrected chi connectivity index (χ1v) is 7.42. The molecule has 0 saturated heterocycles. The van der Waals surface area contributed by atoms with E-state index in [9.17, 15) is 5.11 Å². The maximum atomic E-state index is 9.51. The Bertz CT molecular complexity index is 456. The van der Waals surface area contributed by atoms with Crippen molar-refractivity contribution in [2.24, 2.45) is 0 Å². The molecule has 0 amide bonds. The Labute approximate surface area is 115 Å². The van der Waals surface area contributed by atoms with Gasteiger partial charge in [0.15, 0.2) is 0 Å². The average molecular weight is 260 g/mol. The molecule has 2 N–H and O–H groups in total. The summed E-state index contributed by atoms with van der Waals surface area (Å²) in [5.74, 6) is 0.390. The van der Waals surface area contributed by atoms with Crippen LogP contribution in [0.1, 0.15) is 43.4 Å². The highest BCUT2D eigenvalue weighted by molar-refractivity contribution is 5.40. The molecule has 104 valence electrons. The monoisotopic (exact) mass is 260 g/mol. The van der Waals surface area contributed by atoms with E-state index in [1.54, 1.807) is 6.07 Å². The molecule has 0 aliphatic heterocycles. The lowest BCUT2D eigenvalue weighted by Gasteiger charge is -2.26. The van der Waals surface area contributed by atoms with Crippen LogP contribution in [0.25, 0.3) is 0 Å². The summed E-state index contributed by atoms with van der Waals surface area (Å²) in [4.78, 5) is 2.50. The molecule has 3 nitrogen and oxygen atoms in total. The molecule has 2 unspecified atom stereocenters. The number of nitrogens with zero attached hydrogens (tertiary/aromatic N) is 1. The van der Waals surface area contributed by atoms with Gasteiger partial charge in [-0.2, -0.15) is 0 Å². The summed E-state index contributed by atoms with van der Waals surface area (Å²) in [6.45, 7) is 3.34. The number of likely N-dealkylation sites (N-methyl/N-ethyl adjacent to an activating group) is 1. The van der Waals surface area contributed by atoms with Crippen LogP contribution in [-0.2, 0) is 6.42 Å². The Morgan fingerprint density at radius 3 is 2.89 bits per heavy atom. The Morgan fingerprint density at radius 2 is 2.16 bits per heavy atom. The zero-order valence-corrected chi connectivity index (χ0v) is 11.9. The summed E-state index contributed by atoms with van der Waals surface area (Å²) in [6, 6.07) is 7.67. The molecular formula is C16H24N2O. The number of aromatic hydroxyl groups is 1. The third-order valence-corrected chi connectivity index (χ3v) is 4.68. The Hall–Kier alpha value is -1.06. The van der Waals surface area contributed by atoms with Gasteiger partial charge in [-0.15, -0.1) is 0 Å². The Morgan fingerprint density at radius 1 is 1.37 bits per heavy atom. The quantitative estimate of drug-likeness (QED) is 0.853. The molecule has 2 aliphatic rings. The van der Waals surface area contributed by atoms with Crippen molar-refractivity contribution in [1.82, 2.24) is 10.2 Å². The van der Waals surface area contributed by atoms with Crippen LogP contribution in [0.3, 0.4) is 0 Å². The van der Waals surface area contributed by atoms with Gasteiger partial charge in [0.2, 0.25) is 0 Å². The summed E-state index contributed by atoms with van der Waals surface area (Å²) < 4.78 is 0. The van der Waals surface area contributed by atoms with Crippen molar-refractivity contribution < 1.29 is 5.11 Å². The largest absolute Gasteiger partial charge is 0.508 e. The molecule has 19 heavy (non-hydrogen) atoms. The SMILES string of the molecule is CC(CNC1CCc2cc(O)ccc21)N(C)C1CC1. The van der Waals surface area contributed by atoms with Gasteiger partial charge in [-0.1, -0.05) is 6.07 Å². The molecule has 0 radical (unpaired) electrons. The van der Waals surface area contributed by atoms with E-state index >= 15 is 0 Å². The Kier molecular flexibility index (Phi) is 3.50. The van der Waals surface area contributed by atoms with Crippen LogP contribution in [0.15, 0.2) is 18.2 Å². The lowest BCUT2D eigenvalue weighted by molar-refractivity contribution is 0.235. The number of rotatable bonds is 5. The van der Waals surface area contributed by atoms with Gasteiger partial charge in [-0.3, -0.25) is 4.90 Å². The predicted octanol–water partition coefficient (Wildman–Crippen LogP) is 2.45. The first-order chi connectivity index (χ1) is 9.15. The molecule has 1 aromatic rings. The van der Waals surface area contributed by atoms with E-state index in [0.717, 1.165) is 25.4 Å². The number of hydrogen-bond donors (Lipinski definition) is 2. The molecule has 3 rings (SSSR count). The van der Waals surface area contributed by atoms with Crippen molar-refractivity contribution in [3.05, 3.63) is 29.3 Å². The average Bonchev–Trinajstić information content (AvgIpc) is 3.17. The fraction of sp³-hybridized carbons (Fsp3) is 0.625. The van der Waals surface area contributed by atoms with Gasteiger partial charge in [0.05, 0.1) is 0 Å². The smallest absolute Gasteiger partial charge is 0.115 e. The zero-order chi connectivity index (χ0) is 13.4. The third-order valence-electron chi connectivity index (χ3n) is 4.68. The fourth-order valence-electron chi connectivity index (χ4n) is 3.11. The first kappa shape index (κ1) is 12.9. The van der Waals surface area contributed by atoms with Gasteiger partial charge in [0.25, 0.3) is 0 Å². The second kappa shape index (κ2) is 5.14. The van der Waals surface area contributed by atoms with Gasteiger partial charge in [-0.05, 0) is 62.9 Å². The molecular weight excluding hydrogens is 236 g/mol. The van der Waals surface area contributed by atoms with Crippen LogP contribution in [0, 0.1) is 0 Å². The van der Waals surface area contributed by atoms with Gasteiger partial charge in [0.1, 0.15) is 5.75 Å². The lowest BCUT2D eigenvalue weighted by atomic mass is 10.1. The number of fused-ring (bicyclic) bond motifs is 1. The van der Waals surface area contributed by atoms with Crippen LogP contribution in [0.2, 0.25) is 0 Å². The van der Waals surface area contributed by atoms with Crippen molar-refractivity contribution >= 4 is 0 Å². The molecule has 3 heteroatoms. The molecule has 0 bridgehead atoms. The van der Waals surface area contributed by atoms with Crippen LogP contribution in [0.5, 0.6) is 5.75 Å². The summed E-state index contributed by atoms with van der Waals surface area (Å²) in [5, 5.41) is 13.2. The highest BCUT2D eigenvalue weighted by atomic mass is 16.3. The zero-order valence-electron chi connectivity index (χ0n) is 11.9. The number of phenolic OH excluding ortho intramolecular Hbond substituents is 1. The minimum absolute atomic E-state index is 0.390.